The van der Waals surface area contributed by atoms with Crippen LogP contribution in [0.3, 0.4) is 0 Å². The van der Waals surface area contributed by atoms with Crippen LogP contribution < -0.4 is 4.90 Å². The highest BCUT2D eigenvalue weighted by Gasteiger charge is 2.22. The lowest BCUT2D eigenvalue weighted by Crippen LogP contribution is -2.32. The molecule has 0 unspecified atom stereocenters. The maximum absolute atomic E-state index is 9.15. The van der Waals surface area contributed by atoms with Gasteiger partial charge < -0.3 is 4.90 Å². The van der Waals surface area contributed by atoms with Crippen molar-refractivity contribution in [2.45, 2.75) is 33.7 Å². The number of hydrogen-bond donors (Lipinski definition) is 0. The predicted octanol–water partition coefficient (Wildman–Crippen LogP) is 3.29. The summed E-state index contributed by atoms with van der Waals surface area (Å²) in [6.45, 7) is 7.54. The zero-order chi connectivity index (χ0) is 19.0. The van der Waals surface area contributed by atoms with E-state index in [1.54, 1.807) is 0 Å². The molecule has 134 valence electrons. The molecule has 0 bridgehead atoms. The fourth-order valence-corrected chi connectivity index (χ4v) is 3.48. The third kappa shape index (κ3) is 3.13. The van der Waals surface area contributed by atoms with Gasteiger partial charge in [-0.1, -0.05) is 0 Å². The molecule has 0 N–H and O–H groups in total. The second-order valence-corrected chi connectivity index (χ2v) is 6.99. The number of pyridine rings is 2. The number of fused-ring (bicyclic) bond motifs is 1. The van der Waals surface area contributed by atoms with E-state index < -0.39 is 0 Å². The Morgan fingerprint density at radius 3 is 2.59 bits per heavy atom. The maximum Gasteiger partial charge on any atom is 0.166 e. The molecule has 4 heterocycles. The largest absolute Gasteiger partial charge is 0.350 e. The van der Waals surface area contributed by atoms with Crippen molar-refractivity contribution in [2.75, 3.05) is 11.4 Å². The van der Waals surface area contributed by atoms with Gasteiger partial charge in [-0.2, -0.15) is 5.26 Å². The van der Waals surface area contributed by atoms with E-state index in [1.165, 1.54) is 5.56 Å². The van der Waals surface area contributed by atoms with E-state index in [0.29, 0.717) is 5.69 Å². The van der Waals surface area contributed by atoms with Crippen LogP contribution in [0.2, 0.25) is 0 Å². The van der Waals surface area contributed by atoms with E-state index in [2.05, 4.69) is 43.3 Å². The Hall–Kier alpha value is -3.33. The summed E-state index contributed by atoms with van der Waals surface area (Å²) in [6.07, 6.45) is 6.52. The van der Waals surface area contributed by atoms with Gasteiger partial charge in [-0.05, 0) is 55.2 Å². The second-order valence-electron chi connectivity index (χ2n) is 6.99. The van der Waals surface area contributed by atoms with E-state index in [0.717, 1.165) is 58.8 Å². The minimum atomic E-state index is 0.393. The van der Waals surface area contributed by atoms with Crippen LogP contribution in [0.25, 0.3) is 11.1 Å². The summed E-state index contributed by atoms with van der Waals surface area (Å²) in [5.74, 6) is 0.847. The Kier molecular flexibility index (Phi) is 4.28. The molecule has 0 saturated heterocycles. The summed E-state index contributed by atoms with van der Waals surface area (Å²) >= 11 is 0. The zero-order valence-corrected chi connectivity index (χ0v) is 15.7. The molecule has 27 heavy (non-hydrogen) atoms. The molecule has 0 amide bonds. The summed E-state index contributed by atoms with van der Waals surface area (Å²) in [5.41, 5.74) is 7.91. The molecule has 1 aliphatic rings. The summed E-state index contributed by atoms with van der Waals surface area (Å²) in [4.78, 5) is 11.2. The van der Waals surface area contributed by atoms with Crippen molar-refractivity contribution in [2.24, 2.45) is 0 Å². The number of anilines is 1. The van der Waals surface area contributed by atoms with Crippen LogP contribution in [0.15, 0.2) is 30.7 Å². The average molecular weight is 356 g/mol. The number of nitrogens with zero attached hydrogens (tertiary/aromatic N) is 6. The quantitative estimate of drug-likeness (QED) is 0.701. The first-order valence-electron chi connectivity index (χ1n) is 8.95. The van der Waals surface area contributed by atoms with Gasteiger partial charge in [-0.25, -0.2) is 0 Å². The summed E-state index contributed by atoms with van der Waals surface area (Å²) in [6, 6.07) is 6.42. The molecule has 3 aromatic rings. The van der Waals surface area contributed by atoms with Crippen molar-refractivity contribution in [3.8, 4) is 17.2 Å². The van der Waals surface area contributed by atoms with Crippen LogP contribution in [0.1, 0.15) is 33.6 Å². The number of aromatic nitrogens is 4. The van der Waals surface area contributed by atoms with Crippen molar-refractivity contribution in [1.82, 2.24) is 20.2 Å². The Morgan fingerprint density at radius 2 is 1.81 bits per heavy atom. The minimum absolute atomic E-state index is 0.393. The predicted molar refractivity (Wildman–Crippen MR) is 103 cm³/mol. The van der Waals surface area contributed by atoms with E-state index >= 15 is 0 Å². The van der Waals surface area contributed by atoms with Gasteiger partial charge in [-0.15, -0.1) is 10.2 Å². The van der Waals surface area contributed by atoms with Gasteiger partial charge in [0.25, 0.3) is 0 Å². The van der Waals surface area contributed by atoms with Crippen LogP contribution in [0.5, 0.6) is 0 Å². The Labute approximate surface area is 158 Å². The van der Waals surface area contributed by atoms with Gasteiger partial charge in [0.15, 0.2) is 11.5 Å². The van der Waals surface area contributed by atoms with Crippen molar-refractivity contribution >= 4 is 5.82 Å². The molecule has 6 nitrogen and oxygen atoms in total. The van der Waals surface area contributed by atoms with Crippen molar-refractivity contribution in [3.05, 3.63) is 64.4 Å². The number of nitriles is 1. The maximum atomic E-state index is 9.15. The Morgan fingerprint density at radius 1 is 1.00 bits per heavy atom. The SMILES string of the molecule is Cc1cncc(-c2cnc3c(c2)CN(c2nnc(C#N)c(C)c2C)CC3)c1. The topological polar surface area (TPSA) is 78.6 Å². The van der Waals surface area contributed by atoms with Crippen LogP contribution in [-0.4, -0.2) is 26.7 Å². The normalized spacial score (nSPS) is 13.2. The Balaban J connectivity index is 1.68. The van der Waals surface area contributed by atoms with Crippen molar-refractivity contribution in [3.63, 3.8) is 0 Å². The highest BCUT2D eigenvalue weighted by molar-refractivity contribution is 5.64. The fourth-order valence-electron chi connectivity index (χ4n) is 3.48. The lowest BCUT2D eigenvalue weighted by Gasteiger charge is -2.30. The molecule has 0 saturated carbocycles. The highest BCUT2D eigenvalue weighted by Crippen LogP contribution is 2.29. The summed E-state index contributed by atoms with van der Waals surface area (Å²) in [5, 5.41) is 17.6. The Bertz CT molecular complexity index is 1070. The smallest absolute Gasteiger partial charge is 0.166 e. The van der Waals surface area contributed by atoms with Gasteiger partial charge >= 0.3 is 0 Å². The van der Waals surface area contributed by atoms with Gasteiger partial charge in [0.05, 0.1) is 0 Å². The molecule has 0 atom stereocenters. The molecule has 0 spiro atoms. The zero-order valence-electron chi connectivity index (χ0n) is 15.7. The fraction of sp³-hybridized carbons (Fsp3) is 0.286. The van der Waals surface area contributed by atoms with Crippen LogP contribution >= 0.6 is 0 Å². The molecule has 6 heteroatoms. The summed E-state index contributed by atoms with van der Waals surface area (Å²) in [7, 11) is 0. The van der Waals surface area contributed by atoms with Gasteiger partial charge in [-0.3, -0.25) is 9.97 Å². The lowest BCUT2D eigenvalue weighted by molar-refractivity contribution is 0.692. The summed E-state index contributed by atoms with van der Waals surface area (Å²) < 4.78 is 0. The van der Waals surface area contributed by atoms with Crippen molar-refractivity contribution in [1.29, 1.82) is 5.26 Å². The molecule has 0 aromatic carbocycles. The number of hydrogen-bond acceptors (Lipinski definition) is 6. The first-order valence-corrected chi connectivity index (χ1v) is 8.95. The second kappa shape index (κ2) is 6.76. The van der Waals surface area contributed by atoms with Crippen LogP contribution in [0.4, 0.5) is 5.82 Å². The standard InChI is InChI=1S/C21H20N6/c1-13-6-16(10-23-9-13)17-7-18-12-27(5-4-19(18)24-11-17)21-15(3)14(2)20(8-22)25-26-21/h6-7,9-11H,4-5,12H2,1-3H3. The monoisotopic (exact) mass is 356 g/mol. The molecule has 0 radical (unpaired) electrons. The van der Waals surface area contributed by atoms with E-state index in [4.69, 9.17) is 5.26 Å². The van der Waals surface area contributed by atoms with Gasteiger partial charge in [0.2, 0.25) is 0 Å². The minimum Gasteiger partial charge on any atom is -0.350 e. The average Bonchev–Trinajstić information content (AvgIpc) is 2.69. The molecule has 0 fully saturated rings. The van der Waals surface area contributed by atoms with E-state index in [1.807, 2.05) is 39.4 Å². The van der Waals surface area contributed by atoms with E-state index in [9.17, 15) is 0 Å². The lowest BCUT2D eigenvalue weighted by atomic mass is 10.00. The first kappa shape index (κ1) is 17.1. The molecule has 4 rings (SSSR count). The molecule has 0 aliphatic carbocycles. The first-order chi connectivity index (χ1) is 13.1. The molecular formula is C21H20N6. The third-order valence-electron chi connectivity index (χ3n) is 5.15. The number of aryl methyl sites for hydroxylation is 1. The number of rotatable bonds is 2. The van der Waals surface area contributed by atoms with Crippen molar-refractivity contribution < 1.29 is 0 Å². The molecule has 1 aliphatic heterocycles. The van der Waals surface area contributed by atoms with E-state index in [-0.39, 0.29) is 0 Å². The van der Waals surface area contributed by atoms with Gasteiger partial charge in [0.1, 0.15) is 6.07 Å². The third-order valence-corrected chi connectivity index (χ3v) is 5.15. The highest BCUT2D eigenvalue weighted by atomic mass is 15.3. The molecule has 3 aromatic heterocycles. The van der Waals surface area contributed by atoms with Crippen LogP contribution in [0, 0.1) is 32.1 Å². The van der Waals surface area contributed by atoms with Gasteiger partial charge in [0, 0.05) is 54.9 Å². The van der Waals surface area contributed by atoms with Crippen LogP contribution in [-0.2, 0) is 13.0 Å². The molecular weight excluding hydrogens is 336 g/mol.